The van der Waals surface area contributed by atoms with Crippen molar-refractivity contribution in [2.75, 3.05) is 0 Å². The molecule has 0 N–H and O–H groups in total. The minimum absolute atomic E-state index is 0. The van der Waals surface area contributed by atoms with Crippen LogP contribution in [-0.4, -0.2) is 19.5 Å². The van der Waals surface area contributed by atoms with Gasteiger partial charge in [0.25, 0.3) is 0 Å². The molecular weight excluding hydrogens is 265 g/mol. The zero-order valence-corrected chi connectivity index (χ0v) is 12.0. The quantitative estimate of drug-likeness (QED) is 0.788. The molecule has 0 aromatic carbocycles. The molecule has 0 fully saturated rings. The fourth-order valence-electron chi connectivity index (χ4n) is 1.17. The van der Waals surface area contributed by atoms with Gasteiger partial charge in [0.2, 0.25) is 0 Å². The molecule has 5 heteroatoms. The van der Waals surface area contributed by atoms with Crippen LogP contribution in [0.4, 0.5) is 0 Å². The van der Waals surface area contributed by atoms with Crippen LogP contribution in [0.1, 0.15) is 20.3 Å². The molecule has 0 saturated carbocycles. The van der Waals surface area contributed by atoms with Crippen molar-refractivity contribution in [1.82, 2.24) is 19.5 Å². The Kier molecular flexibility index (Phi) is 7.70. The molecule has 4 nitrogen and oxygen atoms in total. The number of aromatic nitrogens is 4. The Morgan fingerprint density at radius 2 is 2.13 bits per heavy atom. The van der Waals surface area contributed by atoms with Gasteiger partial charge in [-0.15, -0.1) is 0 Å². The molecule has 15 heavy (non-hydrogen) atoms. The Balaban J connectivity index is 0.000000617. The van der Waals surface area contributed by atoms with Crippen LogP contribution in [0.15, 0.2) is 12.7 Å². The molecular formula is C10H14N4Y-2. The molecule has 1 radical (unpaired) electrons. The van der Waals surface area contributed by atoms with Crippen molar-refractivity contribution in [2.24, 2.45) is 0 Å². The van der Waals surface area contributed by atoms with E-state index >= 15 is 0 Å². The normalized spacial score (nSPS) is 9.00. The molecule has 0 amide bonds. The zero-order chi connectivity index (χ0) is 10.4. The summed E-state index contributed by atoms with van der Waals surface area (Å²) < 4.78 is 2.01. The summed E-state index contributed by atoms with van der Waals surface area (Å²) in [4.78, 5) is 12.0. The van der Waals surface area contributed by atoms with Crippen LogP contribution in [-0.2, 0) is 39.3 Å². The van der Waals surface area contributed by atoms with Crippen molar-refractivity contribution >= 4 is 11.2 Å². The van der Waals surface area contributed by atoms with E-state index in [2.05, 4.69) is 35.0 Å². The van der Waals surface area contributed by atoms with Crippen molar-refractivity contribution in [3.63, 3.8) is 0 Å². The van der Waals surface area contributed by atoms with Crippen LogP contribution >= 0.6 is 0 Å². The minimum Gasteiger partial charge on any atom is -0.374 e. The Bertz CT molecular complexity index is 386. The van der Waals surface area contributed by atoms with E-state index in [1.807, 2.05) is 4.57 Å². The predicted molar refractivity (Wildman–Crippen MR) is 55.5 cm³/mol. The van der Waals surface area contributed by atoms with Crippen LogP contribution in [0.3, 0.4) is 0 Å². The molecule has 0 spiro atoms. The van der Waals surface area contributed by atoms with Crippen LogP contribution in [0.25, 0.3) is 11.2 Å². The second-order valence-electron chi connectivity index (χ2n) is 2.60. The van der Waals surface area contributed by atoms with E-state index < -0.39 is 0 Å². The maximum Gasteiger partial charge on any atom is 0.0834 e. The van der Waals surface area contributed by atoms with E-state index in [0.29, 0.717) is 0 Å². The molecule has 2 aromatic heterocycles. The van der Waals surface area contributed by atoms with E-state index in [1.54, 1.807) is 13.3 Å². The SMILES string of the molecule is CCCn1cnc2[c-]ncnc21.[CH2-]C.[Y]. The molecule has 0 atom stereocenters. The van der Waals surface area contributed by atoms with E-state index in [4.69, 9.17) is 0 Å². The monoisotopic (exact) mass is 279 g/mol. The third kappa shape index (κ3) is 3.61. The summed E-state index contributed by atoms with van der Waals surface area (Å²) in [5, 5.41) is 0. The van der Waals surface area contributed by atoms with Gasteiger partial charge in [-0.05, 0) is 12.6 Å². The number of aryl methyl sites for hydroxylation is 1. The van der Waals surface area contributed by atoms with Gasteiger partial charge in [-0.2, -0.15) is 6.92 Å². The molecule has 0 aliphatic heterocycles. The number of hydrogen-bond acceptors (Lipinski definition) is 3. The fraction of sp³-hybridized carbons (Fsp3) is 0.400. The smallest absolute Gasteiger partial charge is 0.0834 e. The topological polar surface area (TPSA) is 43.6 Å². The molecule has 0 bridgehead atoms. The summed E-state index contributed by atoms with van der Waals surface area (Å²) in [6.45, 7) is 8.07. The first kappa shape index (κ1) is 14.7. The summed E-state index contributed by atoms with van der Waals surface area (Å²) >= 11 is 0. The molecule has 0 unspecified atom stereocenters. The standard InChI is InChI=1S/C8H9N4.C2H5.Y/c1-2-3-12-6-11-7-4-9-5-10-8(7)12;1-2;/h5-6H,2-3H2,1H3;1H2,2H3;/q2*-1;. The molecule has 0 aliphatic carbocycles. The second kappa shape index (κ2) is 7.88. The first-order chi connectivity index (χ1) is 6.92. The number of fused-ring (bicyclic) bond motifs is 1. The first-order valence-electron chi connectivity index (χ1n) is 4.66. The minimum atomic E-state index is 0. The summed E-state index contributed by atoms with van der Waals surface area (Å²) in [6.07, 6.45) is 7.14. The fourth-order valence-corrected chi connectivity index (χ4v) is 1.17. The molecule has 79 valence electrons. The molecule has 0 aliphatic rings. The van der Waals surface area contributed by atoms with Gasteiger partial charge in [-0.3, -0.25) is 4.98 Å². The average molecular weight is 279 g/mol. The van der Waals surface area contributed by atoms with E-state index in [9.17, 15) is 0 Å². The Hall–Kier alpha value is -0.346. The second-order valence-corrected chi connectivity index (χ2v) is 2.60. The average Bonchev–Trinajstić information content (AvgIpc) is 2.66. The van der Waals surface area contributed by atoms with E-state index in [-0.39, 0.29) is 32.7 Å². The van der Waals surface area contributed by atoms with Gasteiger partial charge in [0.1, 0.15) is 0 Å². The van der Waals surface area contributed by atoms with Crippen molar-refractivity contribution in [3.8, 4) is 0 Å². The van der Waals surface area contributed by atoms with Gasteiger partial charge in [0.15, 0.2) is 0 Å². The van der Waals surface area contributed by atoms with Gasteiger partial charge >= 0.3 is 0 Å². The van der Waals surface area contributed by atoms with Crippen molar-refractivity contribution in [2.45, 2.75) is 26.8 Å². The molecule has 2 aromatic rings. The Morgan fingerprint density at radius 3 is 2.80 bits per heavy atom. The van der Waals surface area contributed by atoms with Crippen LogP contribution < -0.4 is 0 Å². The summed E-state index contributed by atoms with van der Waals surface area (Å²) in [5.74, 6) is 0. The van der Waals surface area contributed by atoms with Crippen molar-refractivity contribution in [3.05, 3.63) is 25.8 Å². The van der Waals surface area contributed by atoms with Crippen molar-refractivity contribution in [1.29, 1.82) is 0 Å². The maximum atomic E-state index is 4.12. The van der Waals surface area contributed by atoms with E-state index in [0.717, 1.165) is 24.1 Å². The van der Waals surface area contributed by atoms with Crippen LogP contribution in [0.5, 0.6) is 0 Å². The number of rotatable bonds is 2. The third-order valence-electron chi connectivity index (χ3n) is 1.68. The number of imidazole rings is 1. The summed E-state index contributed by atoms with van der Waals surface area (Å²) in [7, 11) is 0. The van der Waals surface area contributed by atoms with Crippen molar-refractivity contribution < 1.29 is 32.7 Å². The zero-order valence-electron chi connectivity index (χ0n) is 9.14. The van der Waals surface area contributed by atoms with Crippen LogP contribution in [0.2, 0.25) is 0 Å². The molecule has 2 rings (SSSR count). The van der Waals surface area contributed by atoms with Gasteiger partial charge in [0.05, 0.1) is 6.33 Å². The Morgan fingerprint density at radius 1 is 1.40 bits per heavy atom. The maximum absolute atomic E-state index is 4.12. The van der Waals surface area contributed by atoms with Gasteiger partial charge in [-0.1, -0.05) is 6.92 Å². The van der Waals surface area contributed by atoms with E-state index in [1.165, 1.54) is 6.33 Å². The predicted octanol–water partition coefficient (Wildman–Crippen LogP) is 1.87. The Labute approximate surface area is 115 Å². The molecule has 0 saturated heterocycles. The van der Waals surface area contributed by atoms with Crippen LogP contribution in [0, 0.1) is 13.1 Å². The molecule has 2 heterocycles. The number of hydrogen-bond donors (Lipinski definition) is 0. The summed E-state index contributed by atoms with van der Waals surface area (Å²) in [5.41, 5.74) is 1.61. The number of nitrogens with zero attached hydrogens (tertiary/aromatic N) is 4. The largest absolute Gasteiger partial charge is 0.374 e. The summed E-state index contributed by atoms with van der Waals surface area (Å²) in [6, 6.07) is 0. The van der Waals surface area contributed by atoms with Gasteiger partial charge in [-0.25, -0.2) is 0 Å². The first-order valence-corrected chi connectivity index (χ1v) is 4.66. The third-order valence-corrected chi connectivity index (χ3v) is 1.68. The van der Waals surface area contributed by atoms with Gasteiger partial charge < -0.3 is 21.5 Å². The van der Waals surface area contributed by atoms with Gasteiger partial charge in [0, 0.05) is 56.7 Å².